The summed E-state index contributed by atoms with van der Waals surface area (Å²) in [6.45, 7) is 0. The number of carbonyl (C=O) groups is 2. The van der Waals surface area contributed by atoms with Gasteiger partial charge in [-0.2, -0.15) is 0 Å². The summed E-state index contributed by atoms with van der Waals surface area (Å²) < 4.78 is 1.12. The second-order valence-corrected chi connectivity index (χ2v) is 4.29. The smallest absolute Gasteiger partial charge is 0.336 e. The van der Waals surface area contributed by atoms with E-state index in [0.717, 1.165) is 4.31 Å². The molecule has 0 radical (unpaired) electrons. The Balaban J connectivity index is 2.08. The molecule has 0 bridgehead atoms. The van der Waals surface area contributed by atoms with Gasteiger partial charge in [0.05, 0.1) is 17.6 Å². The number of nitrogens with two attached hydrogens (primary N) is 1. The van der Waals surface area contributed by atoms with Gasteiger partial charge in [0.25, 0.3) is 0 Å². The summed E-state index contributed by atoms with van der Waals surface area (Å²) in [6, 6.07) is 9.19. The number of hydrogen-bond acceptors (Lipinski definition) is 4. The van der Waals surface area contributed by atoms with Crippen molar-refractivity contribution in [2.45, 2.75) is 0 Å². The van der Waals surface area contributed by atoms with Gasteiger partial charge in [0.1, 0.15) is 0 Å². The van der Waals surface area contributed by atoms with Crippen molar-refractivity contribution in [3.05, 3.63) is 54.4 Å². The first-order chi connectivity index (χ1) is 9.58. The van der Waals surface area contributed by atoms with Crippen molar-refractivity contribution in [3.8, 4) is 0 Å². The fraction of sp³-hybridized carbons (Fsp3) is 0. The number of nitrogens with zero attached hydrogens (tertiary/aromatic N) is 2. The summed E-state index contributed by atoms with van der Waals surface area (Å²) in [6.07, 6.45) is 3.13. The number of primary amides is 1. The second kappa shape index (κ2) is 6.07. The Labute approximate surface area is 121 Å². The van der Waals surface area contributed by atoms with E-state index in [4.69, 9.17) is 5.73 Å². The van der Waals surface area contributed by atoms with E-state index in [1.165, 1.54) is 18.3 Å². The van der Waals surface area contributed by atoms with Gasteiger partial charge < -0.3 is 11.1 Å². The molecule has 0 spiro atoms. The molecule has 1 aromatic carbocycles. The van der Waals surface area contributed by atoms with Crippen LogP contribution >= 0.6 is 12.8 Å². The van der Waals surface area contributed by atoms with E-state index in [2.05, 4.69) is 23.1 Å². The Bertz CT molecular complexity index is 616. The van der Waals surface area contributed by atoms with Gasteiger partial charge in [-0.3, -0.25) is 9.78 Å². The van der Waals surface area contributed by atoms with E-state index in [0.29, 0.717) is 16.9 Å². The van der Waals surface area contributed by atoms with Crippen molar-refractivity contribution in [3.63, 3.8) is 0 Å². The van der Waals surface area contributed by atoms with Crippen LogP contribution in [0.5, 0.6) is 0 Å². The number of anilines is 2. The number of pyridine rings is 1. The Hall–Kier alpha value is -2.54. The molecule has 2 aromatic rings. The third-order valence-corrected chi connectivity index (χ3v) is 2.91. The fourth-order valence-electron chi connectivity index (χ4n) is 1.50. The number of benzene rings is 1. The Morgan fingerprint density at radius 1 is 1.20 bits per heavy atom. The molecule has 0 saturated heterocycles. The average molecular weight is 288 g/mol. The summed E-state index contributed by atoms with van der Waals surface area (Å²) in [7, 11) is 0. The van der Waals surface area contributed by atoms with Crippen LogP contribution in [0.2, 0.25) is 0 Å². The molecule has 0 fully saturated rings. The zero-order valence-corrected chi connectivity index (χ0v) is 11.2. The van der Waals surface area contributed by atoms with E-state index in [1.54, 1.807) is 30.5 Å². The molecule has 102 valence electrons. The molecule has 7 heteroatoms. The van der Waals surface area contributed by atoms with E-state index in [1.807, 2.05) is 0 Å². The molecular weight excluding hydrogens is 276 g/mol. The molecule has 2 rings (SSSR count). The quantitative estimate of drug-likeness (QED) is 0.755. The van der Waals surface area contributed by atoms with Crippen LogP contribution in [-0.2, 0) is 0 Å². The SMILES string of the molecule is NC(=O)c1ccc(N(S)C(=O)Nc2cccnc2)cc1. The third-order valence-electron chi connectivity index (χ3n) is 2.50. The molecule has 0 unspecified atom stereocenters. The van der Waals surface area contributed by atoms with E-state index >= 15 is 0 Å². The van der Waals surface area contributed by atoms with Gasteiger partial charge in [0.15, 0.2) is 0 Å². The molecule has 3 amide bonds. The first-order valence-corrected chi connectivity index (χ1v) is 6.08. The largest absolute Gasteiger partial charge is 0.366 e. The average Bonchev–Trinajstić information content (AvgIpc) is 2.47. The molecular formula is C13H12N4O2S. The maximum atomic E-state index is 12.0. The highest BCUT2D eigenvalue weighted by Gasteiger charge is 2.12. The molecule has 20 heavy (non-hydrogen) atoms. The highest BCUT2D eigenvalue weighted by Crippen LogP contribution is 2.18. The number of urea groups is 1. The summed E-state index contributed by atoms with van der Waals surface area (Å²) in [5.41, 5.74) is 6.58. The Morgan fingerprint density at radius 3 is 2.45 bits per heavy atom. The second-order valence-electron chi connectivity index (χ2n) is 3.89. The summed E-state index contributed by atoms with van der Waals surface area (Å²) in [5, 5.41) is 2.63. The molecule has 3 N–H and O–H groups in total. The van der Waals surface area contributed by atoms with Crippen LogP contribution in [0.15, 0.2) is 48.8 Å². The number of nitrogens with one attached hydrogen (secondary N) is 1. The first kappa shape index (κ1) is 13.9. The van der Waals surface area contributed by atoms with Gasteiger partial charge in [0, 0.05) is 11.8 Å². The number of thiol groups is 1. The van der Waals surface area contributed by atoms with Gasteiger partial charge in [0.2, 0.25) is 5.91 Å². The zero-order valence-electron chi connectivity index (χ0n) is 10.4. The van der Waals surface area contributed by atoms with E-state index in [9.17, 15) is 9.59 Å². The molecule has 0 aliphatic carbocycles. The Kier molecular flexibility index (Phi) is 4.21. The number of amides is 3. The van der Waals surface area contributed by atoms with Crippen molar-refractivity contribution in [2.75, 3.05) is 9.62 Å². The van der Waals surface area contributed by atoms with Crippen molar-refractivity contribution in [1.82, 2.24) is 4.98 Å². The summed E-state index contributed by atoms with van der Waals surface area (Å²) in [5.74, 6) is -0.526. The van der Waals surface area contributed by atoms with Gasteiger partial charge in [-0.15, -0.1) is 0 Å². The van der Waals surface area contributed by atoms with Crippen LogP contribution in [0.25, 0.3) is 0 Å². The highest BCUT2D eigenvalue weighted by atomic mass is 32.1. The number of carbonyl (C=O) groups excluding carboxylic acids is 2. The highest BCUT2D eigenvalue weighted by molar-refractivity contribution is 7.82. The van der Waals surface area contributed by atoms with E-state index in [-0.39, 0.29) is 0 Å². The van der Waals surface area contributed by atoms with Crippen LogP contribution in [0, 0.1) is 0 Å². The van der Waals surface area contributed by atoms with E-state index < -0.39 is 11.9 Å². The van der Waals surface area contributed by atoms with Crippen molar-refractivity contribution in [1.29, 1.82) is 0 Å². The minimum atomic E-state index is -0.526. The number of aromatic nitrogens is 1. The normalized spacial score (nSPS) is 9.85. The lowest BCUT2D eigenvalue weighted by atomic mass is 10.2. The first-order valence-electron chi connectivity index (χ1n) is 5.68. The van der Waals surface area contributed by atoms with Crippen LogP contribution in [0.4, 0.5) is 16.2 Å². The lowest BCUT2D eigenvalue weighted by molar-refractivity contribution is 0.100. The van der Waals surface area contributed by atoms with Crippen LogP contribution < -0.4 is 15.4 Å². The van der Waals surface area contributed by atoms with Crippen LogP contribution in [0.1, 0.15) is 10.4 Å². The summed E-state index contributed by atoms with van der Waals surface area (Å²) >= 11 is 4.12. The minimum absolute atomic E-state index is 0.364. The van der Waals surface area contributed by atoms with Gasteiger partial charge in [-0.05, 0) is 36.4 Å². The maximum absolute atomic E-state index is 12.0. The minimum Gasteiger partial charge on any atom is -0.366 e. The number of hydrogen-bond donors (Lipinski definition) is 3. The molecule has 6 nitrogen and oxygen atoms in total. The lowest BCUT2D eigenvalue weighted by Crippen LogP contribution is -2.26. The van der Waals surface area contributed by atoms with Crippen molar-refractivity contribution in [2.24, 2.45) is 5.73 Å². The zero-order chi connectivity index (χ0) is 14.5. The predicted octanol–water partition coefficient (Wildman–Crippen LogP) is 2.06. The van der Waals surface area contributed by atoms with Gasteiger partial charge in [-0.1, -0.05) is 12.8 Å². The topological polar surface area (TPSA) is 88.3 Å². The third kappa shape index (κ3) is 3.27. The number of rotatable bonds is 3. The maximum Gasteiger partial charge on any atom is 0.336 e. The predicted molar refractivity (Wildman–Crippen MR) is 79.7 cm³/mol. The van der Waals surface area contributed by atoms with Crippen LogP contribution in [0.3, 0.4) is 0 Å². The molecule has 0 aliphatic heterocycles. The molecule has 0 saturated carbocycles. The van der Waals surface area contributed by atoms with Crippen molar-refractivity contribution < 1.29 is 9.59 Å². The van der Waals surface area contributed by atoms with Crippen molar-refractivity contribution >= 4 is 36.1 Å². The van der Waals surface area contributed by atoms with Gasteiger partial charge >= 0.3 is 6.03 Å². The molecule has 0 atom stereocenters. The lowest BCUT2D eigenvalue weighted by Gasteiger charge is -2.16. The Morgan fingerprint density at radius 2 is 1.90 bits per heavy atom. The molecule has 1 heterocycles. The van der Waals surface area contributed by atoms with Gasteiger partial charge in [-0.25, -0.2) is 9.10 Å². The fourth-order valence-corrected chi connectivity index (χ4v) is 1.68. The summed E-state index contributed by atoms with van der Waals surface area (Å²) in [4.78, 5) is 26.8. The molecule has 1 aromatic heterocycles. The molecule has 0 aliphatic rings. The monoisotopic (exact) mass is 288 g/mol. The standard InChI is InChI=1S/C13H12N4O2S/c14-12(18)9-3-5-11(6-4-9)17(20)13(19)16-10-2-1-7-15-8-10/h1-8,20H,(H2,14,18)(H,16,19). The van der Waals surface area contributed by atoms with Crippen LogP contribution in [-0.4, -0.2) is 16.9 Å².